The van der Waals surface area contributed by atoms with E-state index in [2.05, 4.69) is 50.2 Å². The summed E-state index contributed by atoms with van der Waals surface area (Å²) in [5.74, 6) is 0. The second kappa shape index (κ2) is 5.76. The minimum absolute atomic E-state index is 0.926. The third kappa shape index (κ3) is 2.94. The van der Waals surface area contributed by atoms with Gasteiger partial charge in [-0.05, 0) is 0 Å². The summed E-state index contributed by atoms with van der Waals surface area (Å²) in [7, 11) is 0. The van der Waals surface area contributed by atoms with Crippen molar-refractivity contribution in [1.82, 2.24) is 0 Å². The van der Waals surface area contributed by atoms with Crippen LogP contribution in [-0.4, -0.2) is 14.7 Å². The molecule has 0 spiro atoms. The first-order valence-corrected chi connectivity index (χ1v) is 9.39. The summed E-state index contributed by atoms with van der Waals surface area (Å²) in [6.07, 6.45) is 0. The van der Waals surface area contributed by atoms with Crippen molar-refractivity contribution in [2.75, 3.05) is 0 Å². The van der Waals surface area contributed by atoms with Gasteiger partial charge < -0.3 is 0 Å². The van der Waals surface area contributed by atoms with Crippen molar-refractivity contribution in [2.24, 2.45) is 0 Å². The average Bonchev–Trinajstić information content (AvgIpc) is 2.35. The first-order valence-electron chi connectivity index (χ1n) is 5.81. The predicted molar refractivity (Wildman–Crippen MR) is 78.1 cm³/mol. The molecule has 0 radical (unpaired) electrons. The number of hydrogen-bond donors (Lipinski definition) is 0. The molecule has 0 nitrogen and oxygen atoms in total. The zero-order valence-corrected chi connectivity index (χ0v) is 12.8. The molecule has 17 heavy (non-hydrogen) atoms. The molecule has 2 aromatic carbocycles. The van der Waals surface area contributed by atoms with E-state index in [9.17, 15) is 0 Å². The average molecular weight is 307 g/mol. The van der Waals surface area contributed by atoms with Crippen LogP contribution in [0.2, 0.25) is 10.2 Å². The first-order chi connectivity index (χ1) is 8.22. The van der Waals surface area contributed by atoms with Crippen LogP contribution in [0.25, 0.3) is 0 Å². The molecule has 0 aliphatic rings. The zero-order valence-electron chi connectivity index (χ0n) is 10.2. The molecule has 1 unspecified atom stereocenters. The van der Waals surface area contributed by atoms with E-state index in [1.54, 1.807) is 0 Å². The predicted octanol–water partition coefficient (Wildman–Crippen LogP) is 3.28. The van der Waals surface area contributed by atoms with Crippen molar-refractivity contribution in [3.8, 4) is 0 Å². The number of rotatable bonds is 3. The Hall–Kier alpha value is -0.712. The van der Waals surface area contributed by atoms with Gasteiger partial charge in [0, 0.05) is 0 Å². The molecule has 1 atom stereocenters. The van der Waals surface area contributed by atoms with Crippen molar-refractivity contribution in [3.05, 3.63) is 59.1 Å². The normalized spacial score (nSPS) is 12.4. The fourth-order valence-corrected chi connectivity index (χ4v) is 6.94. The van der Waals surface area contributed by atoms with Crippen LogP contribution in [-0.2, 0) is 0 Å². The Bertz CT molecular complexity index is 491. The van der Waals surface area contributed by atoms with Gasteiger partial charge in [0.25, 0.3) is 0 Å². The summed E-state index contributed by atoms with van der Waals surface area (Å²) in [5.41, 5.74) is 1.32. The summed E-state index contributed by atoms with van der Waals surface area (Å²) < 4.78 is 2.85. The van der Waals surface area contributed by atoms with Gasteiger partial charge in [-0.15, -0.1) is 0 Å². The van der Waals surface area contributed by atoms with Crippen molar-refractivity contribution in [3.63, 3.8) is 0 Å². The van der Waals surface area contributed by atoms with Crippen molar-refractivity contribution >= 4 is 35.0 Å². The van der Waals surface area contributed by atoms with Gasteiger partial charge in [0.05, 0.1) is 0 Å². The molecule has 2 aromatic rings. The van der Waals surface area contributed by atoms with Crippen molar-refractivity contribution < 1.29 is 0 Å². The molecule has 0 aromatic heterocycles. The van der Waals surface area contributed by atoms with Gasteiger partial charge >= 0.3 is 113 Å². The molecule has 0 fully saturated rings. The Labute approximate surface area is 113 Å². The molecular formula is C15H16AsCl. The molecule has 0 aliphatic carbocycles. The summed E-state index contributed by atoms with van der Waals surface area (Å²) >= 11 is 5.12. The maximum atomic E-state index is 6.32. The Morgan fingerprint density at radius 3 is 2.24 bits per heavy atom. The van der Waals surface area contributed by atoms with E-state index >= 15 is 0 Å². The Morgan fingerprint density at radius 1 is 1.00 bits per heavy atom. The molecule has 88 valence electrons. The van der Waals surface area contributed by atoms with E-state index in [-0.39, 0.29) is 0 Å². The van der Waals surface area contributed by atoms with Crippen LogP contribution in [0.1, 0.15) is 12.5 Å². The molecule has 0 aliphatic heterocycles. The van der Waals surface area contributed by atoms with Crippen LogP contribution in [0.15, 0.2) is 48.5 Å². The van der Waals surface area contributed by atoms with Gasteiger partial charge in [-0.25, -0.2) is 0 Å². The number of halogens is 1. The van der Waals surface area contributed by atoms with Gasteiger partial charge in [0.1, 0.15) is 0 Å². The van der Waals surface area contributed by atoms with Crippen molar-refractivity contribution in [2.45, 2.75) is 19.1 Å². The molecular weight excluding hydrogens is 291 g/mol. The van der Waals surface area contributed by atoms with Gasteiger partial charge in [0.2, 0.25) is 0 Å². The summed E-state index contributed by atoms with van der Waals surface area (Å²) in [6, 6.07) is 17.2. The van der Waals surface area contributed by atoms with Crippen molar-refractivity contribution in [1.29, 1.82) is 0 Å². The third-order valence-electron chi connectivity index (χ3n) is 2.81. The minimum atomic E-state index is -1.20. The Kier molecular flexibility index (Phi) is 4.31. The summed E-state index contributed by atoms with van der Waals surface area (Å²) in [6.45, 7) is 4.39. The SMILES string of the molecule is CC[As](c1ccc(C)cc1)c1ccccc1Cl. The van der Waals surface area contributed by atoms with Gasteiger partial charge in [-0.1, -0.05) is 0 Å². The van der Waals surface area contributed by atoms with Crippen LogP contribution >= 0.6 is 11.6 Å². The fourth-order valence-electron chi connectivity index (χ4n) is 1.89. The Balaban J connectivity index is 2.40. The number of hydrogen-bond acceptors (Lipinski definition) is 0. The van der Waals surface area contributed by atoms with Crippen LogP contribution in [0.4, 0.5) is 0 Å². The molecule has 2 rings (SSSR count). The molecule has 0 amide bonds. The molecule has 0 N–H and O–H groups in total. The van der Waals surface area contributed by atoms with E-state index in [0.717, 1.165) is 5.02 Å². The van der Waals surface area contributed by atoms with Crippen LogP contribution in [0, 0.1) is 6.92 Å². The number of aryl methyl sites for hydroxylation is 1. The molecule has 0 saturated carbocycles. The second-order valence-corrected chi connectivity index (χ2v) is 9.66. The standard InChI is InChI=1S/C15H16AsCl/c1-3-16(13-10-8-12(2)9-11-13)14-6-4-5-7-15(14)17/h4-11H,3H2,1-2H3. The monoisotopic (exact) mass is 306 g/mol. The molecule has 0 heterocycles. The van der Waals surface area contributed by atoms with E-state index < -0.39 is 14.7 Å². The van der Waals surface area contributed by atoms with E-state index in [1.807, 2.05) is 12.1 Å². The zero-order chi connectivity index (χ0) is 12.3. The van der Waals surface area contributed by atoms with Crippen LogP contribution < -0.4 is 8.70 Å². The van der Waals surface area contributed by atoms with Crippen LogP contribution in [0.3, 0.4) is 0 Å². The van der Waals surface area contributed by atoms with Gasteiger partial charge in [-0.2, -0.15) is 0 Å². The summed E-state index contributed by atoms with van der Waals surface area (Å²) in [5, 5.41) is 2.13. The van der Waals surface area contributed by atoms with Gasteiger partial charge in [0.15, 0.2) is 0 Å². The van der Waals surface area contributed by atoms with Gasteiger partial charge in [-0.3, -0.25) is 0 Å². The van der Waals surface area contributed by atoms with E-state index in [1.165, 1.54) is 19.5 Å². The quantitative estimate of drug-likeness (QED) is 0.764. The first kappa shape index (κ1) is 12.7. The molecule has 0 saturated heterocycles. The third-order valence-corrected chi connectivity index (χ3v) is 8.72. The van der Waals surface area contributed by atoms with E-state index in [4.69, 9.17) is 11.6 Å². The van der Waals surface area contributed by atoms with E-state index in [0.29, 0.717) is 0 Å². The second-order valence-electron chi connectivity index (χ2n) is 4.03. The van der Waals surface area contributed by atoms with Crippen LogP contribution in [0.5, 0.6) is 0 Å². The topological polar surface area (TPSA) is 0 Å². The molecule has 2 heteroatoms. The fraction of sp³-hybridized carbons (Fsp3) is 0.200. The summed E-state index contributed by atoms with van der Waals surface area (Å²) in [4.78, 5) is 0. The number of benzene rings is 2. The maximum absolute atomic E-state index is 6.32. The Morgan fingerprint density at radius 2 is 1.65 bits per heavy atom. The molecule has 0 bridgehead atoms.